The van der Waals surface area contributed by atoms with Crippen LogP contribution in [-0.2, 0) is 9.53 Å². The molecule has 3 aromatic carbocycles. The molecule has 1 saturated heterocycles. The smallest absolute Gasteiger partial charge is 0.224 e. The van der Waals surface area contributed by atoms with E-state index in [1.807, 2.05) is 66.7 Å². The lowest BCUT2D eigenvalue weighted by Gasteiger charge is -2.30. The molecule has 0 aromatic heterocycles. The van der Waals surface area contributed by atoms with Crippen LogP contribution >= 0.6 is 0 Å². The molecule has 1 heterocycles. The van der Waals surface area contributed by atoms with Crippen LogP contribution in [0.2, 0.25) is 0 Å². The van der Waals surface area contributed by atoms with Crippen molar-refractivity contribution >= 4 is 33.8 Å². The number of Topliss-reactive ketones (excluding diaryl/α,β-unsaturated/α-hetero) is 1. The zero-order valence-corrected chi connectivity index (χ0v) is 16.3. The van der Waals surface area contributed by atoms with E-state index in [0.29, 0.717) is 18.8 Å². The third-order valence-corrected chi connectivity index (χ3v) is 5.18. The van der Waals surface area contributed by atoms with Crippen LogP contribution in [0.5, 0.6) is 0 Å². The van der Waals surface area contributed by atoms with Crippen LogP contribution < -0.4 is 10.2 Å². The second kappa shape index (κ2) is 8.88. The molecule has 0 aliphatic carbocycles. The number of carbonyl (C=O) groups is 2. The SMILES string of the molecule is O=C(CCC(=O)c1ccc2ccccc2c1)Nc1ccccc1N1CCOCC1. The van der Waals surface area contributed by atoms with E-state index >= 15 is 0 Å². The number of amides is 1. The van der Waals surface area contributed by atoms with Gasteiger partial charge >= 0.3 is 0 Å². The minimum Gasteiger partial charge on any atom is -0.378 e. The lowest BCUT2D eigenvalue weighted by molar-refractivity contribution is -0.116. The number of ether oxygens (including phenoxy) is 1. The quantitative estimate of drug-likeness (QED) is 0.641. The Morgan fingerprint density at radius 2 is 1.59 bits per heavy atom. The first-order valence-corrected chi connectivity index (χ1v) is 9.94. The summed E-state index contributed by atoms with van der Waals surface area (Å²) in [5, 5.41) is 5.10. The Hall–Kier alpha value is -3.18. The fourth-order valence-corrected chi connectivity index (χ4v) is 3.61. The van der Waals surface area contributed by atoms with Gasteiger partial charge in [-0.2, -0.15) is 0 Å². The first-order valence-electron chi connectivity index (χ1n) is 9.94. The molecule has 1 amide bonds. The standard InChI is InChI=1S/C24H24N2O3/c27-23(20-10-9-18-5-1-2-6-19(18)17-20)11-12-24(28)25-21-7-3-4-8-22(21)26-13-15-29-16-14-26/h1-10,17H,11-16H2,(H,25,28). The fourth-order valence-electron chi connectivity index (χ4n) is 3.61. The van der Waals surface area contributed by atoms with Crippen molar-refractivity contribution in [3.8, 4) is 0 Å². The van der Waals surface area contributed by atoms with Crippen LogP contribution in [-0.4, -0.2) is 38.0 Å². The Balaban J connectivity index is 1.38. The number of carbonyl (C=O) groups excluding carboxylic acids is 2. The summed E-state index contributed by atoms with van der Waals surface area (Å²) in [7, 11) is 0. The minimum absolute atomic E-state index is 0.0210. The largest absolute Gasteiger partial charge is 0.378 e. The molecule has 4 rings (SSSR count). The molecule has 1 fully saturated rings. The molecule has 3 aromatic rings. The summed E-state index contributed by atoms with van der Waals surface area (Å²) in [4.78, 5) is 27.3. The van der Waals surface area contributed by atoms with Gasteiger partial charge < -0.3 is 15.0 Å². The molecule has 0 atom stereocenters. The van der Waals surface area contributed by atoms with Crippen molar-refractivity contribution in [3.63, 3.8) is 0 Å². The third-order valence-electron chi connectivity index (χ3n) is 5.18. The number of rotatable bonds is 6. The van der Waals surface area contributed by atoms with Crippen molar-refractivity contribution in [2.45, 2.75) is 12.8 Å². The first kappa shape index (κ1) is 19.2. The minimum atomic E-state index is -0.153. The van der Waals surface area contributed by atoms with E-state index in [1.54, 1.807) is 0 Å². The molecule has 29 heavy (non-hydrogen) atoms. The number of anilines is 2. The number of ketones is 1. The maximum Gasteiger partial charge on any atom is 0.224 e. The number of hydrogen-bond acceptors (Lipinski definition) is 4. The summed E-state index contributed by atoms with van der Waals surface area (Å²) in [6, 6.07) is 21.4. The highest BCUT2D eigenvalue weighted by Crippen LogP contribution is 2.26. The van der Waals surface area contributed by atoms with E-state index in [0.717, 1.165) is 35.2 Å². The zero-order chi connectivity index (χ0) is 20.1. The molecular weight excluding hydrogens is 364 g/mol. The summed E-state index contributed by atoms with van der Waals surface area (Å²) < 4.78 is 5.41. The monoisotopic (exact) mass is 388 g/mol. The first-order chi connectivity index (χ1) is 14.2. The Morgan fingerprint density at radius 1 is 0.862 bits per heavy atom. The van der Waals surface area contributed by atoms with Gasteiger partial charge in [-0.05, 0) is 29.0 Å². The van der Waals surface area contributed by atoms with Crippen molar-refractivity contribution in [2.75, 3.05) is 36.5 Å². The Kier molecular flexibility index (Phi) is 5.86. The lowest BCUT2D eigenvalue weighted by atomic mass is 10.0. The zero-order valence-electron chi connectivity index (χ0n) is 16.3. The van der Waals surface area contributed by atoms with Crippen LogP contribution in [0.25, 0.3) is 10.8 Å². The molecular formula is C24H24N2O3. The van der Waals surface area contributed by atoms with Gasteiger partial charge in [-0.15, -0.1) is 0 Å². The highest BCUT2D eigenvalue weighted by Gasteiger charge is 2.16. The lowest BCUT2D eigenvalue weighted by Crippen LogP contribution is -2.36. The van der Waals surface area contributed by atoms with E-state index < -0.39 is 0 Å². The molecule has 1 aliphatic rings. The highest BCUT2D eigenvalue weighted by atomic mass is 16.5. The van der Waals surface area contributed by atoms with E-state index in [2.05, 4.69) is 10.2 Å². The third kappa shape index (κ3) is 4.63. The molecule has 0 bridgehead atoms. The summed E-state index contributed by atoms with van der Waals surface area (Å²) in [6.07, 6.45) is 0.340. The Morgan fingerprint density at radius 3 is 2.41 bits per heavy atom. The van der Waals surface area contributed by atoms with Gasteiger partial charge in [-0.1, -0.05) is 48.5 Å². The summed E-state index contributed by atoms with van der Waals surface area (Å²) in [5.41, 5.74) is 2.41. The van der Waals surface area contributed by atoms with Gasteiger partial charge in [0, 0.05) is 31.5 Å². The van der Waals surface area contributed by atoms with Crippen LogP contribution in [0, 0.1) is 0 Å². The molecule has 1 aliphatic heterocycles. The maximum atomic E-state index is 12.6. The van der Waals surface area contributed by atoms with Gasteiger partial charge in [0.15, 0.2) is 5.78 Å². The maximum absolute atomic E-state index is 12.6. The van der Waals surface area contributed by atoms with Crippen molar-refractivity contribution in [1.29, 1.82) is 0 Å². The van der Waals surface area contributed by atoms with E-state index in [-0.39, 0.29) is 24.5 Å². The number of fused-ring (bicyclic) bond motifs is 1. The number of para-hydroxylation sites is 2. The van der Waals surface area contributed by atoms with Crippen molar-refractivity contribution in [3.05, 3.63) is 72.3 Å². The van der Waals surface area contributed by atoms with Gasteiger partial charge in [-0.3, -0.25) is 9.59 Å². The van der Waals surface area contributed by atoms with Gasteiger partial charge in [-0.25, -0.2) is 0 Å². The van der Waals surface area contributed by atoms with Crippen molar-refractivity contribution < 1.29 is 14.3 Å². The second-order valence-electron chi connectivity index (χ2n) is 7.15. The summed E-state index contributed by atoms with van der Waals surface area (Å²) >= 11 is 0. The predicted molar refractivity (Wildman–Crippen MR) is 116 cm³/mol. The number of nitrogens with zero attached hydrogens (tertiary/aromatic N) is 1. The van der Waals surface area contributed by atoms with Gasteiger partial charge in [0.2, 0.25) is 5.91 Å². The summed E-state index contributed by atoms with van der Waals surface area (Å²) in [5.74, 6) is -0.174. The second-order valence-corrected chi connectivity index (χ2v) is 7.15. The molecule has 5 heteroatoms. The van der Waals surface area contributed by atoms with E-state index in [9.17, 15) is 9.59 Å². The average molecular weight is 388 g/mol. The molecule has 0 radical (unpaired) electrons. The van der Waals surface area contributed by atoms with Crippen LogP contribution in [0.15, 0.2) is 66.7 Å². The Labute approximate surface area is 170 Å². The van der Waals surface area contributed by atoms with Crippen LogP contribution in [0.4, 0.5) is 11.4 Å². The van der Waals surface area contributed by atoms with Gasteiger partial charge in [0.25, 0.3) is 0 Å². The van der Waals surface area contributed by atoms with Crippen molar-refractivity contribution in [1.82, 2.24) is 0 Å². The molecule has 5 nitrogen and oxygen atoms in total. The summed E-state index contributed by atoms with van der Waals surface area (Å²) in [6.45, 7) is 2.96. The average Bonchev–Trinajstić information content (AvgIpc) is 2.78. The van der Waals surface area contributed by atoms with Gasteiger partial charge in [0.1, 0.15) is 0 Å². The van der Waals surface area contributed by atoms with Crippen LogP contribution in [0.1, 0.15) is 23.2 Å². The number of nitrogens with one attached hydrogen (secondary N) is 1. The number of hydrogen-bond donors (Lipinski definition) is 1. The van der Waals surface area contributed by atoms with Gasteiger partial charge in [0.05, 0.1) is 24.6 Å². The fraction of sp³-hybridized carbons (Fsp3) is 0.250. The number of morpholine rings is 1. The number of benzene rings is 3. The highest BCUT2D eigenvalue weighted by molar-refractivity contribution is 6.03. The normalized spacial score (nSPS) is 14.0. The van der Waals surface area contributed by atoms with Crippen LogP contribution in [0.3, 0.4) is 0 Å². The predicted octanol–water partition coefficient (Wildman–Crippen LogP) is 4.28. The molecule has 1 N–H and O–H groups in total. The topological polar surface area (TPSA) is 58.6 Å². The molecule has 148 valence electrons. The Bertz CT molecular complexity index is 1030. The molecule has 0 unspecified atom stereocenters. The molecule has 0 saturated carbocycles. The van der Waals surface area contributed by atoms with E-state index in [4.69, 9.17) is 4.74 Å². The van der Waals surface area contributed by atoms with Crippen molar-refractivity contribution in [2.24, 2.45) is 0 Å². The van der Waals surface area contributed by atoms with E-state index in [1.165, 1.54) is 0 Å². The molecule has 0 spiro atoms.